The number of hydrogen-bond donors (Lipinski definition) is 2. The first kappa shape index (κ1) is 45.6. The van der Waals surface area contributed by atoms with Crippen LogP contribution in [-0.4, -0.2) is 76.9 Å². The van der Waals surface area contributed by atoms with Crippen LogP contribution in [0.2, 0.25) is 0 Å². The van der Waals surface area contributed by atoms with Crippen LogP contribution in [0.5, 0.6) is 5.75 Å². The lowest BCUT2D eigenvalue weighted by molar-refractivity contribution is -0.153. The number of thioether (sulfide) groups is 2. The Labute approximate surface area is 399 Å². The van der Waals surface area contributed by atoms with Crippen molar-refractivity contribution >= 4 is 69.6 Å². The number of azo groups is 1. The summed E-state index contributed by atoms with van der Waals surface area (Å²) in [6, 6.07) is 39.9. The second-order valence-corrected chi connectivity index (χ2v) is 19.6. The molecule has 9 rings (SSSR count). The van der Waals surface area contributed by atoms with Crippen molar-refractivity contribution in [2.45, 2.75) is 60.4 Å². The average molecular weight is 929 g/mol. The molecule has 1 saturated heterocycles. The van der Waals surface area contributed by atoms with Gasteiger partial charge in [-0.05, 0) is 132 Å². The first-order valence-electron chi connectivity index (χ1n) is 22.6. The highest BCUT2D eigenvalue weighted by atomic mass is 32.2. The van der Waals surface area contributed by atoms with Crippen LogP contribution in [0, 0.1) is 0 Å². The zero-order valence-corrected chi connectivity index (χ0v) is 39.3. The third kappa shape index (κ3) is 9.95. The summed E-state index contributed by atoms with van der Waals surface area (Å²) in [6.45, 7) is 2.75. The molecule has 340 valence electrons. The second kappa shape index (κ2) is 20.1. The summed E-state index contributed by atoms with van der Waals surface area (Å²) < 4.78 is 6.43. The van der Waals surface area contributed by atoms with Crippen molar-refractivity contribution < 1.29 is 24.2 Å². The fraction of sp³-hybridized carbons (Fsp3) is 0.259. The lowest BCUT2D eigenvalue weighted by Gasteiger charge is -2.50. The summed E-state index contributed by atoms with van der Waals surface area (Å²) in [4.78, 5) is 50.8. The number of phenolic OH excluding ortho intramolecular Hbond substituents is 1. The summed E-state index contributed by atoms with van der Waals surface area (Å²) in [6.07, 6.45) is 7.68. The molecule has 0 spiro atoms. The molecule has 0 bridgehead atoms. The SMILES string of the molecule is CN(C)c1ccc(N=Nc2ccc(SCC3=C(C(=O)OC(c4ccccc4)c4ccccc4)N4C(=O)C(NCCCCCC5(C)C6=CC(=O)C=CC6=Nc6ccc(O)cc65)C4SC3)cc2)cc1. The van der Waals surface area contributed by atoms with Crippen LogP contribution in [0.15, 0.2) is 183 Å². The number of nitrogens with zero attached hydrogens (tertiary/aromatic N) is 5. The summed E-state index contributed by atoms with van der Waals surface area (Å²) >= 11 is 3.26. The Morgan fingerprint density at radius 3 is 2.24 bits per heavy atom. The van der Waals surface area contributed by atoms with Crippen molar-refractivity contribution in [2.75, 3.05) is 37.0 Å². The number of rotatable bonds is 17. The van der Waals surface area contributed by atoms with Crippen molar-refractivity contribution in [3.05, 3.63) is 179 Å². The van der Waals surface area contributed by atoms with Gasteiger partial charge in [0.25, 0.3) is 0 Å². The number of allylic oxidation sites excluding steroid dienone is 4. The molecule has 13 heteroatoms. The number of esters is 1. The standard InChI is InChI=1S/C54H52N6O5S2/c1-54(44-31-41(61)23-27-46(44)56-47-28-24-42(62)32-45(47)54)29-11-6-12-30-55-48-51(63)60-49(53(64)65-50(35-13-7-4-8-14-35)36-15-9-5-10-16-36)37(34-67-52(48)60)33-66-43-25-19-39(20-26-43)58-57-38-17-21-40(22-18-38)59(2)3/h4-5,7-10,13-28,31-32,48,50,52,55,61H,6,11-12,29-30,33-34H2,1-3H3. The van der Waals surface area contributed by atoms with E-state index < -0.39 is 23.5 Å². The van der Waals surface area contributed by atoms with E-state index in [2.05, 4.69) is 22.5 Å². The van der Waals surface area contributed by atoms with E-state index in [0.717, 1.165) is 86.9 Å². The number of β-lactam (4-membered cyclic amide) rings is 1. The maximum Gasteiger partial charge on any atom is 0.356 e. The Morgan fingerprint density at radius 1 is 0.896 bits per heavy atom. The lowest BCUT2D eigenvalue weighted by atomic mass is 9.67. The quantitative estimate of drug-likeness (QED) is 0.0233. The normalized spacial score (nSPS) is 19.7. The number of benzene rings is 5. The molecule has 1 aliphatic carbocycles. The molecule has 3 atom stereocenters. The van der Waals surface area contributed by atoms with Crippen LogP contribution in [0.3, 0.4) is 0 Å². The van der Waals surface area contributed by atoms with Crippen molar-refractivity contribution in [2.24, 2.45) is 15.2 Å². The molecule has 0 saturated carbocycles. The van der Waals surface area contributed by atoms with Gasteiger partial charge in [0.05, 0.1) is 22.8 Å². The number of aliphatic imine (C=N–C) groups is 1. The number of amides is 1. The number of hydrogen-bond acceptors (Lipinski definition) is 12. The number of anilines is 1. The minimum atomic E-state index is -0.664. The molecule has 3 aliphatic heterocycles. The minimum Gasteiger partial charge on any atom is -0.508 e. The topological polar surface area (TPSA) is 136 Å². The maximum absolute atomic E-state index is 14.6. The van der Waals surface area contributed by atoms with Crippen molar-refractivity contribution in [1.82, 2.24) is 10.2 Å². The van der Waals surface area contributed by atoms with Gasteiger partial charge in [-0.2, -0.15) is 10.2 Å². The van der Waals surface area contributed by atoms with Crippen LogP contribution in [0.1, 0.15) is 55.4 Å². The Bertz CT molecular complexity index is 2770. The number of unbranched alkanes of at least 4 members (excludes halogenated alkanes) is 2. The monoisotopic (exact) mass is 928 g/mol. The maximum atomic E-state index is 14.6. The van der Waals surface area contributed by atoms with E-state index >= 15 is 0 Å². The molecule has 0 radical (unpaired) electrons. The van der Waals surface area contributed by atoms with Gasteiger partial charge < -0.3 is 20.1 Å². The molecular weight excluding hydrogens is 877 g/mol. The number of nitrogens with one attached hydrogen (secondary N) is 1. The second-order valence-electron chi connectivity index (χ2n) is 17.4. The van der Waals surface area contributed by atoms with Crippen LogP contribution < -0.4 is 10.2 Å². The number of aromatic hydroxyl groups is 1. The highest BCUT2D eigenvalue weighted by Crippen LogP contribution is 2.48. The molecule has 1 fully saturated rings. The minimum absolute atomic E-state index is 0.0649. The lowest BCUT2D eigenvalue weighted by Crippen LogP contribution is -2.70. The third-order valence-electron chi connectivity index (χ3n) is 12.7. The van der Waals surface area contributed by atoms with E-state index in [0.29, 0.717) is 23.7 Å². The van der Waals surface area contributed by atoms with E-state index in [1.807, 2.05) is 134 Å². The molecular formula is C54H52N6O5S2. The van der Waals surface area contributed by atoms with Gasteiger partial charge in [-0.25, -0.2) is 9.79 Å². The predicted octanol–water partition coefficient (Wildman–Crippen LogP) is 11.1. The summed E-state index contributed by atoms with van der Waals surface area (Å²) in [5.41, 5.74) is 8.31. The van der Waals surface area contributed by atoms with Gasteiger partial charge in [-0.3, -0.25) is 14.5 Å². The zero-order chi connectivity index (χ0) is 46.5. The molecule has 2 N–H and O–H groups in total. The summed E-state index contributed by atoms with van der Waals surface area (Å²) in [5, 5.41) is 22.5. The molecule has 3 unspecified atom stereocenters. The molecule has 67 heavy (non-hydrogen) atoms. The van der Waals surface area contributed by atoms with Crippen LogP contribution in [0.25, 0.3) is 0 Å². The molecule has 5 aromatic carbocycles. The van der Waals surface area contributed by atoms with E-state index in [-0.39, 0.29) is 22.8 Å². The van der Waals surface area contributed by atoms with Crippen molar-refractivity contribution in [3.8, 4) is 5.75 Å². The Morgan fingerprint density at radius 2 is 1.57 bits per heavy atom. The van der Waals surface area contributed by atoms with Gasteiger partial charge in [0, 0.05) is 41.6 Å². The van der Waals surface area contributed by atoms with Gasteiger partial charge in [0.1, 0.15) is 22.9 Å². The molecule has 1 amide bonds. The van der Waals surface area contributed by atoms with Gasteiger partial charge >= 0.3 is 5.97 Å². The zero-order valence-electron chi connectivity index (χ0n) is 37.7. The van der Waals surface area contributed by atoms with Crippen LogP contribution >= 0.6 is 23.5 Å². The first-order valence-corrected chi connectivity index (χ1v) is 24.6. The average Bonchev–Trinajstić information content (AvgIpc) is 3.35. The molecule has 5 aromatic rings. The van der Waals surface area contributed by atoms with E-state index in [1.165, 1.54) is 0 Å². The highest BCUT2D eigenvalue weighted by Gasteiger charge is 2.53. The molecule has 4 aliphatic rings. The van der Waals surface area contributed by atoms with E-state index in [4.69, 9.17) is 9.73 Å². The van der Waals surface area contributed by atoms with Crippen LogP contribution in [0.4, 0.5) is 22.7 Å². The fourth-order valence-corrected chi connectivity index (χ4v) is 11.4. The van der Waals surface area contributed by atoms with E-state index in [1.54, 1.807) is 58.8 Å². The number of fused-ring (bicyclic) bond motifs is 3. The number of carbonyl (C=O) groups excluding carboxylic acids is 3. The Kier molecular flexibility index (Phi) is 13.7. The number of ether oxygens (including phenoxy) is 1. The van der Waals surface area contributed by atoms with Gasteiger partial charge in [0.15, 0.2) is 11.9 Å². The van der Waals surface area contributed by atoms with Gasteiger partial charge in [-0.15, -0.1) is 23.5 Å². The fourth-order valence-electron chi connectivity index (χ4n) is 9.00. The first-order chi connectivity index (χ1) is 32.6. The Balaban J connectivity index is 0.870. The van der Waals surface area contributed by atoms with Crippen LogP contribution in [-0.2, 0) is 24.5 Å². The number of ketones is 1. The largest absolute Gasteiger partial charge is 0.508 e. The van der Waals surface area contributed by atoms with Gasteiger partial charge in [-0.1, -0.05) is 80.4 Å². The molecule has 0 aromatic heterocycles. The summed E-state index contributed by atoms with van der Waals surface area (Å²) in [7, 11) is 3.99. The Hall–Kier alpha value is -6.54. The van der Waals surface area contributed by atoms with Crippen molar-refractivity contribution in [1.29, 1.82) is 0 Å². The molecule has 11 nitrogen and oxygen atoms in total. The highest BCUT2D eigenvalue weighted by molar-refractivity contribution is 8.01. The molecule has 3 heterocycles. The third-order valence-corrected chi connectivity index (χ3v) is 15.1. The van der Waals surface area contributed by atoms with E-state index in [9.17, 15) is 19.5 Å². The van der Waals surface area contributed by atoms with Crippen molar-refractivity contribution in [3.63, 3.8) is 0 Å². The van der Waals surface area contributed by atoms with Gasteiger partial charge in [0.2, 0.25) is 5.91 Å². The predicted molar refractivity (Wildman–Crippen MR) is 268 cm³/mol. The summed E-state index contributed by atoms with van der Waals surface area (Å²) in [5.74, 6) is 0.494. The smallest absolute Gasteiger partial charge is 0.356 e. The number of carbonyl (C=O) groups is 3. The number of phenols is 1.